The summed E-state index contributed by atoms with van der Waals surface area (Å²) in [5.41, 5.74) is 14.5. The lowest BCUT2D eigenvalue weighted by atomic mass is 9.83. The molecule has 12 aromatic rings. The SMILES string of the molecule is C[Si]1(C)c2ccccc2Oc2c1cc(-n1c3ccccc3n3c4ccccc4nc13)cc2[Si](c1ccccc1)(c1ccccc1)c1ccc2c(c1)-c1ccccc1-c1cccnc1-c1ccccc1-2. The van der Waals surface area contributed by atoms with E-state index in [1.54, 1.807) is 0 Å². The third-order valence-corrected chi connectivity index (χ3v) is 23.2. The van der Waals surface area contributed by atoms with Crippen molar-refractivity contribution in [2.75, 3.05) is 0 Å². The van der Waals surface area contributed by atoms with Gasteiger partial charge in [0.05, 0.1) is 27.8 Å². The molecule has 0 radical (unpaired) electrons. The molecule has 0 unspecified atom stereocenters. The van der Waals surface area contributed by atoms with Gasteiger partial charge in [-0.3, -0.25) is 14.0 Å². The van der Waals surface area contributed by atoms with Gasteiger partial charge >= 0.3 is 0 Å². The number of hydrogen-bond donors (Lipinski definition) is 0. The Morgan fingerprint density at radius 2 is 1.03 bits per heavy atom. The molecule has 0 spiro atoms. The lowest BCUT2D eigenvalue weighted by Crippen LogP contribution is -2.76. The molecule has 0 saturated carbocycles. The number of benzene rings is 9. The van der Waals surface area contributed by atoms with Crippen molar-refractivity contribution in [1.29, 1.82) is 0 Å². The summed E-state index contributed by atoms with van der Waals surface area (Å²) in [6.07, 6.45) is 1.92. The van der Waals surface area contributed by atoms with Crippen LogP contribution in [-0.4, -0.2) is 35.1 Å². The quantitative estimate of drug-likeness (QED) is 0.128. The van der Waals surface area contributed by atoms with E-state index in [2.05, 4.69) is 247 Å². The molecule has 4 heterocycles. The summed E-state index contributed by atoms with van der Waals surface area (Å²) in [6, 6.07) is 82.9. The van der Waals surface area contributed by atoms with Crippen LogP contribution in [0.5, 0.6) is 11.5 Å². The van der Waals surface area contributed by atoms with Crippen molar-refractivity contribution in [3.8, 4) is 61.8 Å². The molecule has 1 aliphatic heterocycles. The van der Waals surface area contributed by atoms with Gasteiger partial charge in [-0.05, 0) is 107 Å². The molecule has 5 nitrogen and oxygen atoms in total. The number of hydrogen-bond acceptors (Lipinski definition) is 3. The second-order valence-corrected chi connectivity index (χ2v) is 27.0. The molecule has 0 N–H and O–H groups in total. The molecule has 7 heteroatoms. The van der Waals surface area contributed by atoms with Crippen LogP contribution in [0.4, 0.5) is 0 Å². The van der Waals surface area contributed by atoms with Crippen LogP contribution in [0.2, 0.25) is 13.1 Å². The van der Waals surface area contributed by atoms with Crippen LogP contribution < -0.4 is 35.9 Å². The van der Waals surface area contributed by atoms with Gasteiger partial charge in [0.15, 0.2) is 8.07 Å². The molecule has 0 saturated heterocycles. The Morgan fingerprint density at radius 3 is 1.78 bits per heavy atom. The summed E-state index contributed by atoms with van der Waals surface area (Å²) in [6.45, 7) is 4.99. The van der Waals surface area contributed by atoms with E-state index in [4.69, 9.17) is 14.7 Å². The molecular formula is C62H44N4OSi2. The van der Waals surface area contributed by atoms with E-state index < -0.39 is 16.1 Å². The van der Waals surface area contributed by atoms with Gasteiger partial charge in [0.1, 0.15) is 19.6 Å². The highest BCUT2D eigenvalue weighted by Crippen LogP contribution is 2.47. The summed E-state index contributed by atoms with van der Waals surface area (Å²) in [7, 11) is -5.86. The van der Waals surface area contributed by atoms with E-state index in [-0.39, 0.29) is 0 Å². The Balaban J connectivity index is 1.15. The fourth-order valence-corrected chi connectivity index (χ4v) is 19.7. The topological polar surface area (TPSA) is 44.4 Å². The summed E-state index contributed by atoms with van der Waals surface area (Å²) >= 11 is 0. The predicted molar refractivity (Wildman–Crippen MR) is 290 cm³/mol. The van der Waals surface area contributed by atoms with E-state index in [0.717, 1.165) is 61.9 Å². The first kappa shape index (κ1) is 39.8. The van der Waals surface area contributed by atoms with Gasteiger partial charge in [-0.1, -0.05) is 189 Å². The first-order valence-electron chi connectivity index (χ1n) is 23.7. The Morgan fingerprint density at radius 1 is 0.449 bits per heavy atom. The normalized spacial score (nSPS) is 13.3. The number of ether oxygens (including phenoxy) is 1. The van der Waals surface area contributed by atoms with Gasteiger partial charge in [0.2, 0.25) is 5.78 Å². The fraction of sp³-hybridized carbons (Fsp3) is 0.0323. The van der Waals surface area contributed by atoms with Gasteiger partial charge in [-0.2, -0.15) is 0 Å². The molecule has 0 bridgehead atoms. The molecule has 0 atom stereocenters. The molecule has 326 valence electrons. The lowest BCUT2D eigenvalue weighted by Gasteiger charge is -2.40. The van der Waals surface area contributed by atoms with Crippen molar-refractivity contribution in [3.63, 3.8) is 0 Å². The minimum Gasteiger partial charge on any atom is -0.458 e. The zero-order valence-corrected chi connectivity index (χ0v) is 40.1. The van der Waals surface area contributed by atoms with Crippen molar-refractivity contribution in [2.24, 2.45) is 0 Å². The van der Waals surface area contributed by atoms with Crippen molar-refractivity contribution in [2.45, 2.75) is 13.1 Å². The molecule has 2 aliphatic rings. The van der Waals surface area contributed by atoms with Crippen LogP contribution in [0.1, 0.15) is 0 Å². The third-order valence-electron chi connectivity index (χ3n) is 14.9. The number of aromatic nitrogens is 4. The Labute approximate surface area is 402 Å². The zero-order chi connectivity index (χ0) is 45.8. The molecule has 0 amide bonds. The van der Waals surface area contributed by atoms with Gasteiger partial charge in [0.25, 0.3) is 0 Å². The maximum absolute atomic E-state index is 7.53. The molecule has 1 aliphatic carbocycles. The highest BCUT2D eigenvalue weighted by atomic mass is 28.3. The highest BCUT2D eigenvalue weighted by Gasteiger charge is 2.48. The number of fused-ring (bicyclic) bond motifs is 15. The predicted octanol–water partition coefficient (Wildman–Crippen LogP) is 11.1. The van der Waals surface area contributed by atoms with Crippen LogP contribution in [0.25, 0.3) is 78.2 Å². The summed E-state index contributed by atoms with van der Waals surface area (Å²) in [4.78, 5) is 10.5. The Hall–Kier alpha value is -8.37. The first-order valence-corrected chi connectivity index (χ1v) is 28.7. The second-order valence-electron chi connectivity index (χ2n) is 18.9. The standard InChI is InChI=1S/C62H44N4OSi2/c1-68(2)57-34-18-17-33-56(57)67-61-58(68)38-41(65-54-31-15-16-32-55(54)66-53-30-14-13-29-52(53)64-62(65)66)39-59(61)69(42-20-5-3-6-21-42,43-22-7-4-8-23-43)44-35-36-48-46-25-11-12-27-49(46)60-50(28-19-37-63-60)45-24-9-10-26-47(45)51(48)40-44/h3-40H,1-2H3. The van der Waals surface area contributed by atoms with Gasteiger partial charge < -0.3 is 4.74 Å². The molecule has 14 rings (SSSR count). The lowest BCUT2D eigenvalue weighted by molar-refractivity contribution is 0.490. The molecule has 0 fully saturated rings. The number of nitrogens with zero attached hydrogens (tertiary/aromatic N) is 4. The zero-order valence-electron chi connectivity index (χ0n) is 38.1. The number of pyridine rings is 1. The minimum absolute atomic E-state index is 0.887. The smallest absolute Gasteiger partial charge is 0.220 e. The van der Waals surface area contributed by atoms with E-state index in [1.165, 1.54) is 58.9 Å². The maximum atomic E-state index is 7.53. The monoisotopic (exact) mass is 916 g/mol. The fourth-order valence-electron chi connectivity index (χ4n) is 11.8. The van der Waals surface area contributed by atoms with Gasteiger partial charge in [-0.15, -0.1) is 0 Å². The van der Waals surface area contributed by atoms with Gasteiger partial charge in [0, 0.05) is 23.0 Å². The third kappa shape index (κ3) is 5.69. The van der Waals surface area contributed by atoms with Crippen molar-refractivity contribution in [3.05, 3.63) is 231 Å². The molecule has 3 aromatic heterocycles. The van der Waals surface area contributed by atoms with Crippen LogP contribution >= 0.6 is 0 Å². The average molecular weight is 917 g/mol. The van der Waals surface area contributed by atoms with Crippen molar-refractivity contribution < 1.29 is 4.74 Å². The molecule has 9 aromatic carbocycles. The largest absolute Gasteiger partial charge is 0.458 e. The molecule has 69 heavy (non-hydrogen) atoms. The highest BCUT2D eigenvalue weighted by molar-refractivity contribution is 7.20. The van der Waals surface area contributed by atoms with E-state index in [0.29, 0.717) is 0 Å². The van der Waals surface area contributed by atoms with E-state index >= 15 is 0 Å². The maximum Gasteiger partial charge on any atom is 0.220 e. The summed E-state index contributed by atoms with van der Waals surface area (Å²) in [5, 5.41) is 7.62. The van der Waals surface area contributed by atoms with Crippen LogP contribution in [0, 0.1) is 0 Å². The van der Waals surface area contributed by atoms with E-state index in [1.807, 2.05) is 6.20 Å². The minimum atomic E-state index is -3.40. The van der Waals surface area contributed by atoms with Crippen molar-refractivity contribution >= 4 is 75.1 Å². The number of imidazole rings is 2. The van der Waals surface area contributed by atoms with Crippen LogP contribution in [-0.2, 0) is 0 Å². The average Bonchev–Trinajstić information content (AvgIpc) is 3.94. The number of para-hydroxylation sites is 5. The molecular weight excluding hydrogens is 873 g/mol. The first-order chi connectivity index (χ1) is 34.0. The van der Waals surface area contributed by atoms with Crippen LogP contribution in [0.15, 0.2) is 231 Å². The Bertz CT molecular complexity index is 4000. The number of rotatable bonds is 5. The van der Waals surface area contributed by atoms with Crippen molar-refractivity contribution in [1.82, 2.24) is 18.9 Å². The second kappa shape index (κ2) is 15.1. The van der Waals surface area contributed by atoms with Gasteiger partial charge in [-0.25, -0.2) is 4.98 Å². The van der Waals surface area contributed by atoms with E-state index in [9.17, 15) is 0 Å². The summed E-state index contributed by atoms with van der Waals surface area (Å²) in [5.74, 6) is 2.81. The Kier molecular flexibility index (Phi) is 8.69. The van der Waals surface area contributed by atoms with Crippen LogP contribution in [0.3, 0.4) is 0 Å². The summed E-state index contributed by atoms with van der Waals surface area (Å²) < 4.78 is 12.3.